The van der Waals surface area contributed by atoms with E-state index < -0.39 is 0 Å². The van der Waals surface area contributed by atoms with E-state index in [2.05, 4.69) is 11.1 Å². The first-order valence-electron chi connectivity index (χ1n) is 11.6. The molecule has 0 unspecified atom stereocenters. The number of methoxy groups -OCH3 is 2. The monoisotopic (exact) mass is 473 g/mol. The normalized spacial score (nSPS) is 14.7. The maximum Gasteiger partial charge on any atom is 0.243 e. The van der Waals surface area contributed by atoms with Gasteiger partial charge in [0.15, 0.2) is 0 Å². The Bertz CT molecular complexity index is 1260. The van der Waals surface area contributed by atoms with E-state index in [9.17, 15) is 9.59 Å². The summed E-state index contributed by atoms with van der Waals surface area (Å²) in [5, 5.41) is 0. The summed E-state index contributed by atoms with van der Waals surface area (Å²) in [4.78, 5) is 33.7. The molecule has 0 saturated heterocycles. The SMILES string of the molecule is COc1ccc(Oc2cnc3c(c2)CCC(=O)N3CC(=O)N2CCc3ccc(OC)cc3C2)cc1. The first-order valence-corrected chi connectivity index (χ1v) is 11.6. The van der Waals surface area contributed by atoms with E-state index >= 15 is 0 Å². The molecule has 0 N–H and O–H groups in total. The third-order valence-corrected chi connectivity index (χ3v) is 6.45. The van der Waals surface area contributed by atoms with Crippen molar-refractivity contribution < 1.29 is 23.8 Å². The van der Waals surface area contributed by atoms with Crippen LogP contribution < -0.4 is 19.1 Å². The summed E-state index contributed by atoms with van der Waals surface area (Å²) < 4.78 is 16.4. The Morgan fingerprint density at radius 3 is 2.34 bits per heavy atom. The van der Waals surface area contributed by atoms with Gasteiger partial charge in [-0.1, -0.05) is 6.07 Å². The first kappa shape index (κ1) is 22.7. The largest absolute Gasteiger partial charge is 0.497 e. The number of hydrogen-bond acceptors (Lipinski definition) is 6. The van der Waals surface area contributed by atoms with Gasteiger partial charge >= 0.3 is 0 Å². The van der Waals surface area contributed by atoms with Crippen LogP contribution >= 0.6 is 0 Å². The van der Waals surface area contributed by atoms with Crippen molar-refractivity contribution in [3.8, 4) is 23.0 Å². The summed E-state index contributed by atoms with van der Waals surface area (Å²) in [6.07, 6.45) is 3.25. The fourth-order valence-electron chi connectivity index (χ4n) is 4.51. The third-order valence-electron chi connectivity index (χ3n) is 6.45. The molecule has 1 aromatic heterocycles. The summed E-state index contributed by atoms with van der Waals surface area (Å²) in [6, 6.07) is 15.1. The predicted octanol–water partition coefficient (Wildman–Crippen LogP) is 3.76. The topological polar surface area (TPSA) is 81.2 Å². The molecule has 35 heavy (non-hydrogen) atoms. The Morgan fingerprint density at radius 2 is 1.57 bits per heavy atom. The number of ether oxygens (including phenoxy) is 3. The Morgan fingerprint density at radius 1 is 0.857 bits per heavy atom. The van der Waals surface area contributed by atoms with Crippen LogP contribution in [-0.2, 0) is 29.0 Å². The maximum atomic E-state index is 13.2. The quantitative estimate of drug-likeness (QED) is 0.542. The number of carbonyl (C=O) groups is 2. The second-order valence-corrected chi connectivity index (χ2v) is 8.61. The highest BCUT2D eigenvalue weighted by atomic mass is 16.5. The number of hydrogen-bond donors (Lipinski definition) is 0. The van der Waals surface area contributed by atoms with Gasteiger partial charge in [0.1, 0.15) is 35.4 Å². The lowest BCUT2D eigenvalue weighted by molar-refractivity contribution is -0.132. The lowest BCUT2D eigenvalue weighted by Gasteiger charge is -2.33. The number of fused-ring (bicyclic) bond motifs is 2. The number of carbonyl (C=O) groups excluding carboxylic acids is 2. The smallest absolute Gasteiger partial charge is 0.243 e. The van der Waals surface area contributed by atoms with Gasteiger partial charge in [0.2, 0.25) is 11.8 Å². The molecule has 5 rings (SSSR count). The number of benzene rings is 2. The number of nitrogens with zero attached hydrogens (tertiary/aromatic N) is 3. The zero-order chi connectivity index (χ0) is 24.4. The molecule has 0 saturated carbocycles. The van der Waals surface area contributed by atoms with Crippen LogP contribution in [0.25, 0.3) is 0 Å². The van der Waals surface area contributed by atoms with Gasteiger partial charge in [0, 0.05) is 19.5 Å². The zero-order valence-corrected chi connectivity index (χ0v) is 19.8. The van der Waals surface area contributed by atoms with E-state index in [0.717, 1.165) is 29.0 Å². The van der Waals surface area contributed by atoms with Crippen LogP contribution in [0.5, 0.6) is 23.0 Å². The van der Waals surface area contributed by atoms with Crippen molar-refractivity contribution in [3.63, 3.8) is 0 Å². The van der Waals surface area contributed by atoms with Crippen LogP contribution in [0.15, 0.2) is 54.7 Å². The van der Waals surface area contributed by atoms with Crippen LogP contribution in [0.3, 0.4) is 0 Å². The second kappa shape index (κ2) is 9.66. The van der Waals surface area contributed by atoms with E-state index in [0.29, 0.717) is 43.2 Å². The third kappa shape index (κ3) is 4.77. The molecule has 2 amide bonds. The molecule has 0 atom stereocenters. The molecule has 8 nitrogen and oxygen atoms in total. The lowest BCUT2D eigenvalue weighted by atomic mass is 9.99. The minimum atomic E-state index is -0.0972. The number of amides is 2. The van der Waals surface area contributed by atoms with Gasteiger partial charge in [0.25, 0.3) is 0 Å². The highest BCUT2D eigenvalue weighted by molar-refractivity contribution is 6.00. The summed E-state index contributed by atoms with van der Waals surface area (Å²) in [5.74, 6) is 3.09. The molecule has 2 aliphatic rings. The molecule has 0 bridgehead atoms. The molecule has 0 fully saturated rings. The molecule has 180 valence electrons. The van der Waals surface area contributed by atoms with Gasteiger partial charge < -0.3 is 19.1 Å². The standard InChI is InChI=1S/C27H27N3O5/c1-33-21-6-8-22(9-7-21)35-24-13-19-4-10-25(31)30(27(19)28-15-24)17-26(32)29-12-11-18-3-5-23(34-2)14-20(18)16-29/h3,5-9,13-15H,4,10-12,16-17H2,1-2H3. The summed E-state index contributed by atoms with van der Waals surface area (Å²) in [7, 11) is 3.25. The second-order valence-electron chi connectivity index (χ2n) is 8.61. The number of aromatic nitrogens is 1. The first-order chi connectivity index (χ1) is 17.0. The van der Waals surface area contributed by atoms with E-state index in [1.54, 1.807) is 25.3 Å². The van der Waals surface area contributed by atoms with Crippen molar-refractivity contribution in [3.05, 3.63) is 71.4 Å². The number of pyridine rings is 1. The molecular formula is C27H27N3O5. The summed E-state index contributed by atoms with van der Waals surface area (Å²) >= 11 is 0. The maximum absolute atomic E-state index is 13.2. The van der Waals surface area contributed by atoms with Crippen LogP contribution in [-0.4, -0.2) is 49.0 Å². The van der Waals surface area contributed by atoms with Crippen LogP contribution in [0.1, 0.15) is 23.1 Å². The van der Waals surface area contributed by atoms with Gasteiger partial charge in [-0.25, -0.2) is 4.98 Å². The lowest BCUT2D eigenvalue weighted by Crippen LogP contribution is -2.46. The van der Waals surface area contributed by atoms with E-state index in [1.807, 2.05) is 42.5 Å². The van der Waals surface area contributed by atoms with E-state index in [1.165, 1.54) is 10.5 Å². The average Bonchev–Trinajstić information content (AvgIpc) is 2.90. The fourth-order valence-corrected chi connectivity index (χ4v) is 4.51. The Balaban J connectivity index is 1.30. The van der Waals surface area contributed by atoms with Crippen molar-refractivity contribution >= 4 is 17.6 Å². The number of anilines is 1. The molecule has 3 aromatic rings. The van der Waals surface area contributed by atoms with Gasteiger partial charge in [-0.15, -0.1) is 0 Å². The van der Waals surface area contributed by atoms with Crippen molar-refractivity contribution in [1.82, 2.24) is 9.88 Å². The minimum absolute atomic E-state index is 0.0309. The number of rotatable bonds is 6. The summed E-state index contributed by atoms with van der Waals surface area (Å²) in [6.45, 7) is 1.09. The Hall–Kier alpha value is -4.07. The highest BCUT2D eigenvalue weighted by Crippen LogP contribution is 2.31. The van der Waals surface area contributed by atoms with Gasteiger partial charge in [-0.05, 0) is 72.0 Å². The fraction of sp³-hybridized carbons (Fsp3) is 0.296. The van der Waals surface area contributed by atoms with Gasteiger partial charge in [-0.3, -0.25) is 14.5 Å². The highest BCUT2D eigenvalue weighted by Gasteiger charge is 2.30. The van der Waals surface area contributed by atoms with E-state index in [-0.39, 0.29) is 18.4 Å². The van der Waals surface area contributed by atoms with Crippen LogP contribution in [0.4, 0.5) is 5.82 Å². The Labute approximate surface area is 204 Å². The van der Waals surface area contributed by atoms with Crippen LogP contribution in [0, 0.1) is 0 Å². The predicted molar refractivity (Wildman–Crippen MR) is 130 cm³/mol. The van der Waals surface area contributed by atoms with Crippen molar-refractivity contribution in [2.45, 2.75) is 25.8 Å². The summed E-state index contributed by atoms with van der Waals surface area (Å²) in [5.41, 5.74) is 3.19. The molecular weight excluding hydrogens is 446 g/mol. The zero-order valence-electron chi connectivity index (χ0n) is 19.8. The molecule has 2 aromatic carbocycles. The molecule has 0 aliphatic carbocycles. The van der Waals surface area contributed by atoms with Gasteiger partial charge in [-0.2, -0.15) is 0 Å². The van der Waals surface area contributed by atoms with E-state index in [4.69, 9.17) is 14.2 Å². The van der Waals surface area contributed by atoms with Crippen molar-refractivity contribution in [1.29, 1.82) is 0 Å². The molecule has 2 aliphatic heterocycles. The Kier molecular flexibility index (Phi) is 6.27. The minimum Gasteiger partial charge on any atom is -0.497 e. The van der Waals surface area contributed by atoms with Crippen molar-refractivity contribution in [2.75, 3.05) is 32.2 Å². The molecule has 3 heterocycles. The number of aryl methyl sites for hydroxylation is 1. The van der Waals surface area contributed by atoms with Gasteiger partial charge in [0.05, 0.1) is 20.4 Å². The molecule has 0 spiro atoms. The molecule has 8 heteroatoms. The van der Waals surface area contributed by atoms with Crippen LogP contribution in [0.2, 0.25) is 0 Å². The van der Waals surface area contributed by atoms with Crippen molar-refractivity contribution in [2.24, 2.45) is 0 Å². The molecule has 0 radical (unpaired) electrons. The average molecular weight is 474 g/mol.